The van der Waals surface area contributed by atoms with Gasteiger partial charge in [-0.1, -0.05) is 33.1 Å². The summed E-state index contributed by atoms with van der Waals surface area (Å²) in [6.07, 6.45) is 8.72. The van der Waals surface area contributed by atoms with E-state index in [1.54, 1.807) is 0 Å². The van der Waals surface area contributed by atoms with Gasteiger partial charge in [0.05, 0.1) is 22.4 Å². The van der Waals surface area contributed by atoms with E-state index in [9.17, 15) is 0 Å². The van der Waals surface area contributed by atoms with Crippen LogP contribution in [0.3, 0.4) is 0 Å². The molecule has 1 aromatic heterocycles. The molecule has 0 amide bonds. The standard InChI is InChI=1S/C15H26BrN3/c1-4-11-7-6-8-12(9-11)14(17-5-2)15-13(16)10-18-19(15)3/h10-12,14,17H,4-9H2,1-3H3. The second-order valence-electron chi connectivity index (χ2n) is 5.74. The van der Waals surface area contributed by atoms with Gasteiger partial charge in [0.25, 0.3) is 0 Å². The molecule has 1 heterocycles. The van der Waals surface area contributed by atoms with Gasteiger partial charge in [-0.3, -0.25) is 4.68 Å². The van der Waals surface area contributed by atoms with Crippen LogP contribution in [0.2, 0.25) is 0 Å². The van der Waals surface area contributed by atoms with Crippen LogP contribution in [-0.4, -0.2) is 16.3 Å². The highest BCUT2D eigenvalue weighted by Crippen LogP contribution is 2.39. The first-order valence-corrected chi connectivity index (χ1v) is 8.37. The van der Waals surface area contributed by atoms with Crippen molar-refractivity contribution in [1.82, 2.24) is 15.1 Å². The Bertz CT molecular complexity index is 383. The Labute approximate surface area is 125 Å². The fourth-order valence-electron chi connectivity index (χ4n) is 3.48. The molecule has 1 N–H and O–H groups in total. The number of hydrogen-bond donors (Lipinski definition) is 1. The molecular formula is C15H26BrN3. The summed E-state index contributed by atoms with van der Waals surface area (Å²) in [5, 5.41) is 8.07. The minimum atomic E-state index is 0.432. The van der Waals surface area contributed by atoms with Gasteiger partial charge in [0.15, 0.2) is 0 Å². The zero-order chi connectivity index (χ0) is 13.8. The van der Waals surface area contributed by atoms with Crippen LogP contribution in [0.15, 0.2) is 10.7 Å². The fourth-order valence-corrected chi connectivity index (χ4v) is 4.08. The second-order valence-corrected chi connectivity index (χ2v) is 6.59. The lowest BCUT2D eigenvalue weighted by Crippen LogP contribution is -2.33. The molecule has 4 heteroatoms. The number of aryl methyl sites for hydroxylation is 1. The van der Waals surface area contributed by atoms with E-state index in [0.717, 1.165) is 22.9 Å². The van der Waals surface area contributed by atoms with E-state index >= 15 is 0 Å². The molecular weight excluding hydrogens is 302 g/mol. The maximum Gasteiger partial charge on any atom is 0.0695 e. The smallest absolute Gasteiger partial charge is 0.0695 e. The summed E-state index contributed by atoms with van der Waals surface area (Å²) < 4.78 is 3.16. The Morgan fingerprint density at radius 1 is 1.47 bits per heavy atom. The number of aromatic nitrogens is 2. The molecule has 0 spiro atoms. The predicted octanol–water partition coefficient (Wildman–Crippen LogP) is 4.05. The summed E-state index contributed by atoms with van der Waals surface area (Å²) in [5.74, 6) is 1.65. The fraction of sp³-hybridized carbons (Fsp3) is 0.800. The molecule has 1 aromatic rings. The largest absolute Gasteiger partial charge is 0.309 e. The molecule has 1 fully saturated rings. The Balaban J connectivity index is 2.20. The van der Waals surface area contributed by atoms with Gasteiger partial charge >= 0.3 is 0 Å². The van der Waals surface area contributed by atoms with E-state index in [2.05, 4.69) is 40.2 Å². The summed E-state index contributed by atoms with van der Waals surface area (Å²) in [4.78, 5) is 0. The van der Waals surface area contributed by atoms with Gasteiger partial charge < -0.3 is 5.32 Å². The van der Waals surface area contributed by atoms with Gasteiger partial charge in [-0.05, 0) is 47.2 Å². The van der Waals surface area contributed by atoms with Crippen molar-refractivity contribution in [3.63, 3.8) is 0 Å². The van der Waals surface area contributed by atoms with Crippen LogP contribution < -0.4 is 5.32 Å². The quantitative estimate of drug-likeness (QED) is 0.884. The average Bonchev–Trinajstić information content (AvgIpc) is 2.76. The number of hydrogen-bond acceptors (Lipinski definition) is 2. The van der Waals surface area contributed by atoms with Gasteiger partial charge in [-0.25, -0.2) is 0 Å². The van der Waals surface area contributed by atoms with Crippen LogP contribution in [-0.2, 0) is 7.05 Å². The molecule has 0 aromatic carbocycles. The van der Waals surface area contributed by atoms with Crippen LogP contribution in [0.5, 0.6) is 0 Å². The van der Waals surface area contributed by atoms with Crippen molar-refractivity contribution in [2.45, 2.75) is 52.0 Å². The molecule has 2 rings (SSSR count). The molecule has 0 radical (unpaired) electrons. The molecule has 1 aliphatic rings. The minimum absolute atomic E-state index is 0.432. The van der Waals surface area contributed by atoms with Crippen LogP contribution in [0.1, 0.15) is 57.7 Å². The zero-order valence-corrected chi connectivity index (χ0v) is 13.9. The molecule has 19 heavy (non-hydrogen) atoms. The third-order valence-electron chi connectivity index (χ3n) is 4.53. The summed E-state index contributed by atoms with van der Waals surface area (Å²) in [7, 11) is 2.05. The third kappa shape index (κ3) is 3.40. The average molecular weight is 328 g/mol. The van der Waals surface area contributed by atoms with E-state index < -0.39 is 0 Å². The highest BCUT2D eigenvalue weighted by Gasteiger charge is 2.31. The molecule has 108 valence electrons. The van der Waals surface area contributed by atoms with Crippen molar-refractivity contribution in [2.75, 3.05) is 6.54 Å². The Kier molecular flexibility index (Phi) is 5.46. The number of nitrogens with one attached hydrogen (secondary N) is 1. The second kappa shape index (κ2) is 6.89. The predicted molar refractivity (Wildman–Crippen MR) is 83.1 cm³/mol. The lowest BCUT2D eigenvalue weighted by atomic mass is 9.76. The van der Waals surface area contributed by atoms with E-state index in [4.69, 9.17) is 0 Å². The highest BCUT2D eigenvalue weighted by molar-refractivity contribution is 9.10. The van der Waals surface area contributed by atoms with Gasteiger partial charge in [-0.15, -0.1) is 0 Å². The number of halogens is 1. The topological polar surface area (TPSA) is 29.9 Å². The summed E-state index contributed by atoms with van der Waals surface area (Å²) in [6.45, 7) is 5.53. The normalized spacial score (nSPS) is 25.5. The zero-order valence-electron chi connectivity index (χ0n) is 12.3. The van der Waals surface area contributed by atoms with Crippen LogP contribution in [0, 0.1) is 11.8 Å². The third-order valence-corrected chi connectivity index (χ3v) is 5.14. The first kappa shape index (κ1) is 15.0. The van der Waals surface area contributed by atoms with E-state index in [0.29, 0.717) is 6.04 Å². The van der Waals surface area contributed by atoms with E-state index in [1.807, 2.05) is 17.9 Å². The first-order valence-electron chi connectivity index (χ1n) is 7.58. The van der Waals surface area contributed by atoms with Gasteiger partial charge in [0.2, 0.25) is 0 Å². The molecule has 3 unspecified atom stereocenters. The molecule has 0 aliphatic heterocycles. The maximum atomic E-state index is 4.38. The van der Waals surface area contributed by atoms with Gasteiger partial charge in [0, 0.05) is 7.05 Å². The van der Waals surface area contributed by atoms with Crippen molar-refractivity contribution in [2.24, 2.45) is 18.9 Å². The number of rotatable bonds is 5. The summed E-state index contributed by atoms with van der Waals surface area (Å²) in [6, 6.07) is 0.432. The van der Waals surface area contributed by atoms with E-state index in [-0.39, 0.29) is 0 Å². The van der Waals surface area contributed by atoms with Crippen LogP contribution >= 0.6 is 15.9 Å². The molecule has 1 saturated carbocycles. The van der Waals surface area contributed by atoms with Crippen molar-refractivity contribution < 1.29 is 0 Å². The minimum Gasteiger partial charge on any atom is -0.309 e. The van der Waals surface area contributed by atoms with Gasteiger partial charge in [0.1, 0.15) is 0 Å². The lowest BCUT2D eigenvalue weighted by Gasteiger charge is -2.35. The monoisotopic (exact) mass is 327 g/mol. The van der Waals surface area contributed by atoms with Crippen molar-refractivity contribution >= 4 is 15.9 Å². The molecule has 0 saturated heterocycles. The molecule has 1 aliphatic carbocycles. The highest BCUT2D eigenvalue weighted by atomic mass is 79.9. The SMILES string of the molecule is CCNC(c1c(Br)cnn1C)C1CCCC(CC)C1. The first-order chi connectivity index (χ1) is 9.17. The van der Waals surface area contributed by atoms with Crippen molar-refractivity contribution in [3.8, 4) is 0 Å². The summed E-state index contributed by atoms with van der Waals surface area (Å²) >= 11 is 3.66. The van der Waals surface area contributed by atoms with Crippen LogP contribution in [0.4, 0.5) is 0 Å². The summed E-state index contributed by atoms with van der Waals surface area (Å²) in [5.41, 5.74) is 1.31. The van der Waals surface area contributed by atoms with Crippen LogP contribution in [0.25, 0.3) is 0 Å². The Morgan fingerprint density at radius 2 is 2.26 bits per heavy atom. The lowest BCUT2D eigenvalue weighted by molar-refractivity contribution is 0.205. The Hall–Kier alpha value is -0.350. The van der Waals surface area contributed by atoms with Crippen molar-refractivity contribution in [1.29, 1.82) is 0 Å². The molecule has 0 bridgehead atoms. The molecule has 3 atom stereocenters. The maximum absolute atomic E-state index is 4.38. The van der Waals surface area contributed by atoms with Gasteiger partial charge in [-0.2, -0.15) is 5.10 Å². The number of nitrogens with zero attached hydrogens (tertiary/aromatic N) is 2. The Morgan fingerprint density at radius 3 is 2.84 bits per heavy atom. The van der Waals surface area contributed by atoms with E-state index in [1.165, 1.54) is 37.8 Å². The van der Waals surface area contributed by atoms with Crippen molar-refractivity contribution in [3.05, 3.63) is 16.4 Å². The molecule has 3 nitrogen and oxygen atoms in total.